The van der Waals surface area contributed by atoms with Crippen LogP contribution in [0.3, 0.4) is 0 Å². The zero-order chi connectivity index (χ0) is 18.4. The van der Waals surface area contributed by atoms with Gasteiger partial charge in [-0.3, -0.25) is 0 Å². The largest absolute Gasteiger partial charge is 0.624 e. The molecule has 0 radical (unpaired) electrons. The molecule has 1 atom stereocenters. The van der Waals surface area contributed by atoms with Crippen LogP contribution < -0.4 is 0 Å². The maximum absolute atomic E-state index is 12.6. The van der Waals surface area contributed by atoms with Gasteiger partial charge in [-0.25, -0.2) is 4.74 Å². The molecule has 0 aliphatic carbocycles. The molecule has 0 aliphatic heterocycles. The van der Waals surface area contributed by atoms with Gasteiger partial charge in [-0.1, -0.05) is 65.8 Å². The van der Waals surface area contributed by atoms with E-state index in [1.807, 2.05) is 73.7 Å². The van der Waals surface area contributed by atoms with Crippen LogP contribution in [0.15, 0.2) is 88.7 Å². The summed E-state index contributed by atoms with van der Waals surface area (Å²) in [6, 6.07) is 25.6. The highest BCUT2D eigenvalue weighted by Crippen LogP contribution is 2.29. The molecular formula is C22H20ClNOS. The standard InChI is InChI=1S/C22H20ClNOS/c1-17(15-18-11-13-20(23)14-12-18)24(25)16-19-7-5-6-10-22(19)26-21-8-3-2-4-9-21/h2-14,16-17H,15H2,1H3/b24-16+. The van der Waals surface area contributed by atoms with E-state index in [1.54, 1.807) is 18.0 Å². The molecule has 26 heavy (non-hydrogen) atoms. The molecule has 0 saturated heterocycles. The molecule has 0 fully saturated rings. The Bertz CT molecular complexity index is 878. The number of benzene rings is 3. The molecule has 2 nitrogen and oxygen atoms in total. The van der Waals surface area contributed by atoms with Crippen LogP contribution in [0.25, 0.3) is 0 Å². The Morgan fingerprint density at radius 3 is 2.35 bits per heavy atom. The number of rotatable bonds is 6. The fraction of sp³-hybridized carbons (Fsp3) is 0.136. The van der Waals surface area contributed by atoms with Crippen LogP contribution in [0.5, 0.6) is 0 Å². The van der Waals surface area contributed by atoms with Gasteiger partial charge in [-0.15, -0.1) is 0 Å². The molecule has 0 bridgehead atoms. The molecule has 0 amide bonds. The second-order valence-corrected chi connectivity index (χ2v) is 7.67. The molecule has 0 aliphatic rings. The van der Waals surface area contributed by atoms with Crippen molar-refractivity contribution in [2.24, 2.45) is 0 Å². The highest BCUT2D eigenvalue weighted by Gasteiger charge is 2.12. The van der Waals surface area contributed by atoms with E-state index in [-0.39, 0.29) is 6.04 Å². The Morgan fingerprint density at radius 1 is 0.962 bits per heavy atom. The van der Waals surface area contributed by atoms with Gasteiger partial charge in [-0.2, -0.15) is 0 Å². The number of halogens is 1. The zero-order valence-corrected chi connectivity index (χ0v) is 16.1. The lowest BCUT2D eigenvalue weighted by Gasteiger charge is -2.14. The number of hydrogen-bond donors (Lipinski definition) is 0. The van der Waals surface area contributed by atoms with Crippen molar-refractivity contribution >= 4 is 29.6 Å². The fourth-order valence-corrected chi connectivity index (χ4v) is 3.67. The Balaban J connectivity index is 1.76. The van der Waals surface area contributed by atoms with Crippen molar-refractivity contribution in [3.05, 3.63) is 100 Å². The van der Waals surface area contributed by atoms with E-state index in [2.05, 4.69) is 12.1 Å². The monoisotopic (exact) mass is 381 g/mol. The third kappa shape index (κ3) is 5.13. The van der Waals surface area contributed by atoms with Gasteiger partial charge in [0.25, 0.3) is 0 Å². The van der Waals surface area contributed by atoms with Crippen molar-refractivity contribution in [2.75, 3.05) is 0 Å². The molecule has 0 heterocycles. The Hall–Kier alpha value is -2.23. The molecule has 1 unspecified atom stereocenters. The Labute approximate surface area is 163 Å². The zero-order valence-electron chi connectivity index (χ0n) is 14.5. The summed E-state index contributed by atoms with van der Waals surface area (Å²) >= 11 is 7.58. The average molecular weight is 382 g/mol. The summed E-state index contributed by atoms with van der Waals surface area (Å²) in [6.07, 6.45) is 2.36. The smallest absolute Gasteiger partial charge is 0.183 e. The summed E-state index contributed by atoms with van der Waals surface area (Å²) in [5.74, 6) is 0. The van der Waals surface area contributed by atoms with E-state index in [0.29, 0.717) is 11.4 Å². The van der Waals surface area contributed by atoms with Crippen LogP contribution in [0.4, 0.5) is 0 Å². The van der Waals surface area contributed by atoms with Crippen molar-refractivity contribution in [1.29, 1.82) is 0 Å². The quantitative estimate of drug-likeness (QED) is 0.225. The molecule has 0 spiro atoms. The van der Waals surface area contributed by atoms with E-state index < -0.39 is 0 Å². The number of nitrogens with zero attached hydrogens (tertiary/aromatic N) is 1. The van der Waals surface area contributed by atoms with Gasteiger partial charge >= 0.3 is 0 Å². The first-order chi connectivity index (χ1) is 12.6. The fourth-order valence-electron chi connectivity index (χ4n) is 2.61. The SMILES string of the molecule is CC(Cc1ccc(Cl)cc1)/[N+]([O-])=C\c1ccccc1Sc1ccccc1. The number of hydrogen-bond acceptors (Lipinski definition) is 2. The van der Waals surface area contributed by atoms with Gasteiger partial charge in [-0.05, 0) is 48.9 Å². The lowest BCUT2D eigenvalue weighted by Crippen LogP contribution is -2.22. The maximum atomic E-state index is 12.6. The third-order valence-electron chi connectivity index (χ3n) is 4.04. The lowest BCUT2D eigenvalue weighted by atomic mass is 10.1. The molecule has 3 aromatic rings. The van der Waals surface area contributed by atoms with E-state index >= 15 is 0 Å². The van der Waals surface area contributed by atoms with E-state index in [9.17, 15) is 5.21 Å². The first-order valence-electron chi connectivity index (χ1n) is 8.48. The summed E-state index contributed by atoms with van der Waals surface area (Å²) in [7, 11) is 0. The summed E-state index contributed by atoms with van der Waals surface area (Å²) in [5, 5.41) is 13.3. The molecule has 3 aromatic carbocycles. The normalized spacial score (nSPS) is 12.8. The van der Waals surface area contributed by atoms with Crippen LogP contribution in [0.2, 0.25) is 5.02 Å². The molecule has 132 valence electrons. The molecule has 0 aromatic heterocycles. The maximum Gasteiger partial charge on any atom is 0.183 e. The third-order valence-corrected chi connectivity index (χ3v) is 5.39. The Morgan fingerprint density at radius 2 is 1.62 bits per heavy atom. The van der Waals surface area contributed by atoms with E-state index in [1.165, 1.54) is 0 Å². The van der Waals surface area contributed by atoms with Gasteiger partial charge in [0.05, 0.1) is 5.56 Å². The van der Waals surface area contributed by atoms with Crippen molar-refractivity contribution in [3.63, 3.8) is 0 Å². The summed E-state index contributed by atoms with van der Waals surface area (Å²) in [6.45, 7) is 1.94. The minimum Gasteiger partial charge on any atom is -0.624 e. The van der Waals surface area contributed by atoms with Gasteiger partial charge in [0.1, 0.15) is 0 Å². The van der Waals surface area contributed by atoms with Crippen LogP contribution >= 0.6 is 23.4 Å². The van der Waals surface area contributed by atoms with Gasteiger partial charge in [0, 0.05) is 21.2 Å². The molecular weight excluding hydrogens is 362 g/mol. The van der Waals surface area contributed by atoms with Gasteiger partial charge in [0.15, 0.2) is 12.3 Å². The molecule has 3 rings (SSSR count). The van der Waals surface area contributed by atoms with Crippen LogP contribution in [0.1, 0.15) is 18.1 Å². The minimum absolute atomic E-state index is 0.161. The second kappa shape index (κ2) is 8.93. The van der Waals surface area contributed by atoms with Crippen molar-refractivity contribution < 1.29 is 4.74 Å². The van der Waals surface area contributed by atoms with Crippen LogP contribution in [-0.2, 0) is 6.42 Å². The second-order valence-electron chi connectivity index (χ2n) is 6.12. The van der Waals surface area contributed by atoms with Crippen molar-refractivity contribution in [1.82, 2.24) is 0 Å². The lowest BCUT2D eigenvalue weighted by molar-refractivity contribution is -0.491. The highest BCUT2D eigenvalue weighted by molar-refractivity contribution is 7.99. The number of hydroxylamine groups is 1. The average Bonchev–Trinajstić information content (AvgIpc) is 2.66. The predicted octanol–water partition coefficient (Wildman–Crippen LogP) is 6.05. The van der Waals surface area contributed by atoms with E-state index in [4.69, 9.17) is 11.6 Å². The topological polar surface area (TPSA) is 26.1 Å². The first-order valence-corrected chi connectivity index (χ1v) is 9.68. The van der Waals surface area contributed by atoms with Crippen molar-refractivity contribution in [3.8, 4) is 0 Å². The van der Waals surface area contributed by atoms with Crippen LogP contribution in [-0.4, -0.2) is 17.0 Å². The minimum atomic E-state index is -0.161. The highest BCUT2D eigenvalue weighted by atomic mass is 35.5. The van der Waals surface area contributed by atoms with Crippen LogP contribution in [0, 0.1) is 5.21 Å². The van der Waals surface area contributed by atoms with E-state index in [0.717, 1.165) is 25.7 Å². The summed E-state index contributed by atoms with van der Waals surface area (Å²) < 4.78 is 1.04. The predicted molar refractivity (Wildman–Crippen MR) is 110 cm³/mol. The summed E-state index contributed by atoms with van der Waals surface area (Å²) in [4.78, 5) is 2.22. The summed E-state index contributed by atoms with van der Waals surface area (Å²) in [5.41, 5.74) is 2.03. The first kappa shape index (κ1) is 18.6. The molecule has 4 heteroatoms. The van der Waals surface area contributed by atoms with Gasteiger partial charge < -0.3 is 5.21 Å². The van der Waals surface area contributed by atoms with Crippen molar-refractivity contribution in [2.45, 2.75) is 29.2 Å². The molecule has 0 N–H and O–H groups in total. The molecule has 0 saturated carbocycles. The Kier molecular flexibility index (Phi) is 6.37. The van der Waals surface area contributed by atoms with Gasteiger partial charge in [0.2, 0.25) is 0 Å².